The topological polar surface area (TPSA) is 75.7 Å². The molecule has 0 aromatic heterocycles. The summed E-state index contributed by atoms with van der Waals surface area (Å²) in [4.78, 5) is 12.3. The number of rotatable bonds is 7. The standard InChI is InChI=1S/C19H24N2O4S/c1-14-7-5-10-18(15(14)2)21(26(4,23)24)12-11-19(22)20-16-8-6-9-17(13-16)25-3/h5-10,13H,11-12H2,1-4H3,(H,20,22). The van der Waals surface area contributed by atoms with E-state index in [0.717, 1.165) is 17.4 Å². The van der Waals surface area contributed by atoms with Crippen LogP contribution in [0.1, 0.15) is 17.5 Å². The Bertz CT molecular complexity index is 894. The molecule has 0 spiro atoms. The first-order valence-corrected chi connectivity index (χ1v) is 10.0. The maximum absolute atomic E-state index is 12.3. The van der Waals surface area contributed by atoms with E-state index in [9.17, 15) is 13.2 Å². The lowest BCUT2D eigenvalue weighted by atomic mass is 10.1. The van der Waals surface area contributed by atoms with Gasteiger partial charge in [0.15, 0.2) is 0 Å². The number of anilines is 2. The third-order valence-corrected chi connectivity index (χ3v) is 5.32. The predicted octanol–water partition coefficient (Wildman–Crippen LogP) is 3.11. The highest BCUT2D eigenvalue weighted by Gasteiger charge is 2.20. The Morgan fingerprint density at radius 2 is 1.85 bits per heavy atom. The van der Waals surface area contributed by atoms with Gasteiger partial charge in [0.1, 0.15) is 5.75 Å². The van der Waals surface area contributed by atoms with Crippen LogP contribution in [0.15, 0.2) is 42.5 Å². The van der Waals surface area contributed by atoms with E-state index < -0.39 is 10.0 Å². The third kappa shape index (κ3) is 4.98. The van der Waals surface area contributed by atoms with Gasteiger partial charge in [0.2, 0.25) is 15.9 Å². The second kappa shape index (κ2) is 8.23. The summed E-state index contributed by atoms with van der Waals surface area (Å²) in [7, 11) is -1.95. The molecular weight excluding hydrogens is 352 g/mol. The van der Waals surface area contributed by atoms with Gasteiger partial charge in [-0.05, 0) is 43.2 Å². The van der Waals surface area contributed by atoms with Crippen LogP contribution in [0.25, 0.3) is 0 Å². The summed E-state index contributed by atoms with van der Waals surface area (Å²) in [5, 5.41) is 2.76. The van der Waals surface area contributed by atoms with Crippen molar-refractivity contribution >= 4 is 27.3 Å². The molecule has 0 aliphatic carbocycles. The second-order valence-electron chi connectivity index (χ2n) is 6.08. The molecule has 0 atom stereocenters. The number of benzene rings is 2. The predicted molar refractivity (Wildman–Crippen MR) is 104 cm³/mol. The van der Waals surface area contributed by atoms with Crippen LogP contribution < -0.4 is 14.4 Å². The van der Waals surface area contributed by atoms with Gasteiger partial charge in [-0.2, -0.15) is 0 Å². The molecular formula is C19H24N2O4S. The lowest BCUT2D eigenvalue weighted by molar-refractivity contribution is -0.116. The van der Waals surface area contributed by atoms with E-state index in [1.165, 1.54) is 4.31 Å². The summed E-state index contributed by atoms with van der Waals surface area (Å²) in [6.07, 6.45) is 1.19. The van der Waals surface area contributed by atoms with Crippen LogP contribution in [0.3, 0.4) is 0 Å². The van der Waals surface area contributed by atoms with Crippen molar-refractivity contribution in [3.63, 3.8) is 0 Å². The molecule has 0 unspecified atom stereocenters. The van der Waals surface area contributed by atoms with Crippen LogP contribution in [0.2, 0.25) is 0 Å². The summed E-state index contributed by atoms with van der Waals surface area (Å²) in [6, 6.07) is 12.5. The molecule has 0 fully saturated rings. The molecule has 6 nitrogen and oxygen atoms in total. The van der Waals surface area contributed by atoms with Crippen molar-refractivity contribution in [2.24, 2.45) is 0 Å². The van der Waals surface area contributed by atoms with Gasteiger partial charge in [-0.15, -0.1) is 0 Å². The highest BCUT2D eigenvalue weighted by atomic mass is 32.2. The van der Waals surface area contributed by atoms with E-state index in [2.05, 4.69) is 5.32 Å². The van der Waals surface area contributed by atoms with Crippen molar-refractivity contribution < 1.29 is 17.9 Å². The van der Waals surface area contributed by atoms with Crippen molar-refractivity contribution in [3.05, 3.63) is 53.6 Å². The Labute approximate surface area is 154 Å². The smallest absolute Gasteiger partial charge is 0.232 e. The number of sulfonamides is 1. The van der Waals surface area contributed by atoms with Crippen LogP contribution in [-0.2, 0) is 14.8 Å². The molecule has 1 N–H and O–H groups in total. The van der Waals surface area contributed by atoms with Crippen LogP contribution >= 0.6 is 0 Å². The van der Waals surface area contributed by atoms with E-state index in [1.54, 1.807) is 37.4 Å². The number of hydrogen-bond donors (Lipinski definition) is 1. The fraction of sp³-hybridized carbons (Fsp3) is 0.316. The van der Waals surface area contributed by atoms with E-state index in [1.807, 2.05) is 26.0 Å². The first-order valence-electron chi connectivity index (χ1n) is 8.20. The van der Waals surface area contributed by atoms with Crippen molar-refractivity contribution in [2.75, 3.05) is 29.5 Å². The van der Waals surface area contributed by atoms with Gasteiger partial charge in [0, 0.05) is 24.7 Å². The minimum absolute atomic E-state index is 0.0393. The fourth-order valence-electron chi connectivity index (χ4n) is 2.60. The lowest BCUT2D eigenvalue weighted by Crippen LogP contribution is -2.33. The van der Waals surface area contributed by atoms with E-state index in [4.69, 9.17) is 4.74 Å². The zero-order valence-electron chi connectivity index (χ0n) is 15.4. The van der Waals surface area contributed by atoms with Crippen LogP contribution in [0, 0.1) is 13.8 Å². The minimum Gasteiger partial charge on any atom is -0.497 e. The first kappa shape index (κ1) is 19.8. The number of methoxy groups -OCH3 is 1. The van der Waals surface area contributed by atoms with Crippen molar-refractivity contribution in [3.8, 4) is 5.75 Å². The summed E-state index contributed by atoms with van der Waals surface area (Å²) < 4.78 is 30.9. The normalized spacial score (nSPS) is 11.1. The second-order valence-corrected chi connectivity index (χ2v) is 7.99. The zero-order chi connectivity index (χ0) is 19.3. The number of nitrogens with one attached hydrogen (secondary N) is 1. The van der Waals surface area contributed by atoms with Crippen LogP contribution in [0.5, 0.6) is 5.75 Å². The molecule has 0 radical (unpaired) electrons. The highest BCUT2D eigenvalue weighted by Crippen LogP contribution is 2.25. The van der Waals surface area contributed by atoms with Crippen LogP contribution in [0.4, 0.5) is 11.4 Å². The van der Waals surface area contributed by atoms with Crippen molar-refractivity contribution in [2.45, 2.75) is 20.3 Å². The van der Waals surface area contributed by atoms with E-state index >= 15 is 0 Å². The Morgan fingerprint density at radius 3 is 2.50 bits per heavy atom. The molecule has 0 saturated heterocycles. The van der Waals surface area contributed by atoms with Gasteiger partial charge < -0.3 is 10.1 Å². The van der Waals surface area contributed by atoms with Gasteiger partial charge in [0.05, 0.1) is 19.1 Å². The number of carbonyl (C=O) groups is 1. The lowest BCUT2D eigenvalue weighted by Gasteiger charge is -2.24. The number of hydrogen-bond acceptors (Lipinski definition) is 4. The number of amides is 1. The largest absolute Gasteiger partial charge is 0.497 e. The van der Waals surface area contributed by atoms with Gasteiger partial charge in [0.25, 0.3) is 0 Å². The van der Waals surface area contributed by atoms with Crippen molar-refractivity contribution in [1.82, 2.24) is 0 Å². The molecule has 26 heavy (non-hydrogen) atoms. The van der Waals surface area contributed by atoms with Gasteiger partial charge >= 0.3 is 0 Å². The monoisotopic (exact) mass is 376 g/mol. The summed E-state index contributed by atoms with van der Waals surface area (Å²) in [5.41, 5.74) is 3.08. The quantitative estimate of drug-likeness (QED) is 0.806. The summed E-state index contributed by atoms with van der Waals surface area (Å²) in [6.45, 7) is 3.87. The highest BCUT2D eigenvalue weighted by molar-refractivity contribution is 7.92. The first-order chi connectivity index (χ1) is 12.2. The van der Waals surface area contributed by atoms with Gasteiger partial charge in [-0.1, -0.05) is 18.2 Å². The molecule has 1 amide bonds. The van der Waals surface area contributed by atoms with E-state index in [0.29, 0.717) is 17.1 Å². The summed E-state index contributed by atoms with van der Waals surface area (Å²) >= 11 is 0. The Morgan fingerprint density at radius 1 is 1.15 bits per heavy atom. The maximum Gasteiger partial charge on any atom is 0.232 e. The molecule has 0 bridgehead atoms. The molecule has 2 rings (SSSR count). The van der Waals surface area contributed by atoms with E-state index in [-0.39, 0.29) is 18.9 Å². The average Bonchev–Trinajstić information content (AvgIpc) is 2.57. The van der Waals surface area contributed by atoms with Gasteiger partial charge in [-0.3, -0.25) is 9.10 Å². The van der Waals surface area contributed by atoms with Crippen molar-refractivity contribution in [1.29, 1.82) is 0 Å². The maximum atomic E-state index is 12.3. The summed E-state index contributed by atoms with van der Waals surface area (Å²) in [5.74, 6) is 0.369. The minimum atomic E-state index is -3.50. The molecule has 2 aromatic rings. The molecule has 0 saturated carbocycles. The Hall–Kier alpha value is -2.54. The molecule has 0 heterocycles. The Kier molecular flexibility index (Phi) is 6.26. The molecule has 140 valence electrons. The molecule has 0 aliphatic heterocycles. The Balaban J connectivity index is 2.12. The number of nitrogens with zero attached hydrogens (tertiary/aromatic N) is 1. The molecule has 7 heteroatoms. The average molecular weight is 376 g/mol. The van der Waals surface area contributed by atoms with Gasteiger partial charge in [-0.25, -0.2) is 8.42 Å². The third-order valence-electron chi connectivity index (χ3n) is 4.14. The number of ether oxygens (including phenoxy) is 1. The molecule has 0 aliphatic rings. The zero-order valence-corrected chi connectivity index (χ0v) is 16.3. The fourth-order valence-corrected chi connectivity index (χ4v) is 3.58. The molecule has 2 aromatic carbocycles. The SMILES string of the molecule is COc1cccc(NC(=O)CCN(c2cccc(C)c2C)S(C)(=O)=O)c1. The van der Waals surface area contributed by atoms with Crippen LogP contribution in [-0.4, -0.2) is 34.2 Å². The number of aryl methyl sites for hydroxylation is 1. The number of carbonyl (C=O) groups excluding carboxylic acids is 1.